The molecule has 0 bridgehead atoms. The number of carbonyl (C=O) groups excluding carboxylic acids is 1. The number of aryl methyl sites for hydroxylation is 1. The minimum Gasteiger partial charge on any atom is -0.493 e. The molecule has 170 valence electrons. The van der Waals surface area contributed by atoms with Crippen LogP contribution in [0, 0.1) is 5.92 Å². The van der Waals surface area contributed by atoms with E-state index in [0.717, 1.165) is 11.6 Å². The smallest absolute Gasteiger partial charge is 0.208 e. The van der Waals surface area contributed by atoms with E-state index in [1.54, 1.807) is 7.11 Å². The van der Waals surface area contributed by atoms with E-state index >= 15 is 0 Å². The van der Waals surface area contributed by atoms with Gasteiger partial charge in [0.1, 0.15) is 0 Å². The summed E-state index contributed by atoms with van der Waals surface area (Å²) in [5, 5.41) is 1.17. The zero-order valence-corrected chi connectivity index (χ0v) is 22.2. The lowest BCUT2D eigenvalue weighted by Crippen LogP contribution is -2.45. The van der Waals surface area contributed by atoms with Crippen LogP contribution in [0.2, 0.25) is 22.7 Å². The number of Topliss-reactive ketones (excluding diaryl/α,β-unsaturated/α-hetero) is 1. The Morgan fingerprint density at radius 1 is 1.06 bits per heavy atom. The number of benzene rings is 1. The van der Waals surface area contributed by atoms with E-state index in [4.69, 9.17) is 4.74 Å². The molecule has 0 amide bonds. The molecular weight excluding hydrogens is 398 g/mol. The molecule has 0 saturated carbocycles. The number of hydrogen-bond acceptors (Lipinski definition) is 2. The van der Waals surface area contributed by atoms with Crippen LogP contribution in [-0.4, -0.2) is 25.5 Å². The molecule has 1 aliphatic rings. The average Bonchev–Trinajstić information content (AvgIpc) is 3.14. The number of methoxy groups -OCH3 is 1. The van der Waals surface area contributed by atoms with Crippen molar-refractivity contribution in [2.75, 3.05) is 7.11 Å². The van der Waals surface area contributed by atoms with Gasteiger partial charge in [0.25, 0.3) is 0 Å². The van der Waals surface area contributed by atoms with E-state index < -0.39 is 13.5 Å². The number of carbonyl (C=O) groups is 1. The van der Waals surface area contributed by atoms with E-state index in [1.165, 1.54) is 16.5 Å². The van der Waals surface area contributed by atoms with Gasteiger partial charge in [0.2, 0.25) is 5.78 Å². The van der Waals surface area contributed by atoms with Gasteiger partial charge in [-0.2, -0.15) is 0 Å². The van der Waals surface area contributed by atoms with Crippen molar-refractivity contribution in [3.63, 3.8) is 0 Å². The highest BCUT2D eigenvalue weighted by molar-refractivity contribution is 6.84. The SMILES string of the molecule is COC1=C(C[Si](C(C)C)(C(C)C)C(C)C)[C@@H](C)[C@](C)(c2cn(C)c3ccccc23)C1=O. The van der Waals surface area contributed by atoms with E-state index in [-0.39, 0.29) is 11.7 Å². The molecule has 1 aromatic carbocycles. The van der Waals surface area contributed by atoms with Crippen molar-refractivity contribution in [2.24, 2.45) is 13.0 Å². The van der Waals surface area contributed by atoms with Gasteiger partial charge in [-0.3, -0.25) is 4.79 Å². The Labute approximate surface area is 189 Å². The predicted molar refractivity (Wildman–Crippen MR) is 134 cm³/mol. The van der Waals surface area contributed by atoms with Crippen molar-refractivity contribution in [3.05, 3.63) is 47.4 Å². The number of ether oxygens (including phenoxy) is 1. The molecule has 0 N–H and O–H groups in total. The number of fused-ring (bicyclic) bond motifs is 1. The number of hydrogen-bond donors (Lipinski definition) is 0. The molecule has 0 saturated heterocycles. The summed E-state index contributed by atoms with van der Waals surface area (Å²) < 4.78 is 8.02. The highest BCUT2D eigenvalue weighted by Gasteiger charge is 2.55. The number of nitrogens with zero attached hydrogens (tertiary/aromatic N) is 1. The lowest BCUT2D eigenvalue weighted by Gasteiger charge is -2.44. The standard InChI is InChI=1S/C27H41NO2Si/c1-17(2)31(18(3)4,19(5)6)16-22-20(7)27(8,26(29)25(22)30-10)23-15-28(9)24-14-12-11-13-21(23)24/h11-15,17-20H,16H2,1-10H3/t20-,27-/m1/s1. The largest absolute Gasteiger partial charge is 0.493 e. The Balaban J connectivity index is 2.18. The van der Waals surface area contributed by atoms with Gasteiger partial charge < -0.3 is 9.30 Å². The Hall–Kier alpha value is -1.81. The second-order valence-electron chi connectivity index (χ2n) is 10.7. The fraction of sp³-hybridized carbons (Fsp3) is 0.593. The normalized spacial score (nSPS) is 22.6. The first-order valence-corrected chi connectivity index (χ1v) is 14.2. The van der Waals surface area contributed by atoms with Crippen LogP contribution in [0.4, 0.5) is 0 Å². The summed E-state index contributed by atoms with van der Waals surface area (Å²) in [5.74, 6) is 0.888. The molecule has 2 atom stereocenters. The highest BCUT2D eigenvalue weighted by Crippen LogP contribution is 2.54. The zero-order chi connectivity index (χ0) is 23.3. The van der Waals surface area contributed by atoms with Gasteiger partial charge in [0.15, 0.2) is 5.76 Å². The first kappa shape index (κ1) is 23.8. The molecule has 4 heteroatoms. The molecule has 1 aromatic heterocycles. The third-order valence-electron chi connectivity index (χ3n) is 8.74. The molecule has 0 aliphatic heterocycles. The molecule has 0 radical (unpaired) electrons. The quantitative estimate of drug-likeness (QED) is 0.426. The third-order valence-corrected chi connectivity index (χ3v) is 16.2. The Morgan fingerprint density at radius 2 is 1.61 bits per heavy atom. The number of allylic oxidation sites excluding steroid dienone is 2. The van der Waals surface area contributed by atoms with Crippen LogP contribution >= 0.6 is 0 Å². The van der Waals surface area contributed by atoms with Crippen LogP contribution < -0.4 is 0 Å². The molecule has 2 aromatic rings. The number of aromatic nitrogens is 1. The van der Waals surface area contributed by atoms with Crippen LogP contribution in [0.5, 0.6) is 0 Å². The fourth-order valence-corrected chi connectivity index (χ4v) is 13.0. The maximum atomic E-state index is 14.0. The van der Waals surface area contributed by atoms with Crippen molar-refractivity contribution >= 4 is 24.8 Å². The summed E-state index contributed by atoms with van der Waals surface area (Å²) in [6, 6.07) is 9.45. The zero-order valence-electron chi connectivity index (χ0n) is 21.2. The summed E-state index contributed by atoms with van der Waals surface area (Å²) >= 11 is 0. The van der Waals surface area contributed by atoms with Crippen molar-refractivity contribution in [2.45, 2.75) is 83.5 Å². The first-order valence-electron chi connectivity index (χ1n) is 11.8. The van der Waals surface area contributed by atoms with Crippen LogP contribution in [0.15, 0.2) is 41.8 Å². The topological polar surface area (TPSA) is 31.2 Å². The number of rotatable bonds is 7. The lowest BCUT2D eigenvalue weighted by atomic mass is 9.72. The van der Waals surface area contributed by atoms with Gasteiger partial charge in [0.05, 0.1) is 20.6 Å². The highest BCUT2D eigenvalue weighted by atomic mass is 28.3. The molecule has 0 spiro atoms. The van der Waals surface area contributed by atoms with E-state index in [9.17, 15) is 4.79 Å². The second kappa shape index (κ2) is 8.27. The van der Waals surface area contributed by atoms with Gasteiger partial charge >= 0.3 is 0 Å². The van der Waals surface area contributed by atoms with Crippen LogP contribution in [-0.2, 0) is 22.0 Å². The van der Waals surface area contributed by atoms with Gasteiger partial charge in [-0.05, 0) is 36.1 Å². The molecule has 0 fully saturated rings. The Kier molecular flexibility index (Phi) is 6.36. The Bertz CT molecular complexity index is 992. The summed E-state index contributed by atoms with van der Waals surface area (Å²) in [6.07, 6.45) is 2.16. The van der Waals surface area contributed by atoms with E-state index in [1.807, 2.05) is 0 Å². The van der Waals surface area contributed by atoms with Gasteiger partial charge in [-0.15, -0.1) is 0 Å². The van der Waals surface area contributed by atoms with E-state index in [0.29, 0.717) is 22.4 Å². The van der Waals surface area contributed by atoms with E-state index in [2.05, 4.69) is 97.5 Å². The van der Waals surface area contributed by atoms with Crippen molar-refractivity contribution in [1.29, 1.82) is 0 Å². The van der Waals surface area contributed by atoms with Crippen LogP contribution in [0.1, 0.15) is 61.0 Å². The van der Waals surface area contributed by atoms with Crippen molar-refractivity contribution in [3.8, 4) is 0 Å². The molecule has 1 heterocycles. The third kappa shape index (κ3) is 3.33. The first-order chi connectivity index (χ1) is 14.4. The van der Waals surface area contributed by atoms with Gasteiger partial charge in [0, 0.05) is 24.1 Å². The van der Waals surface area contributed by atoms with Crippen molar-refractivity contribution < 1.29 is 9.53 Å². The number of para-hydroxylation sites is 1. The second-order valence-corrected chi connectivity index (χ2v) is 16.8. The minimum absolute atomic E-state index is 0.115. The molecule has 0 unspecified atom stereocenters. The molecule has 31 heavy (non-hydrogen) atoms. The van der Waals surface area contributed by atoms with Crippen molar-refractivity contribution in [1.82, 2.24) is 4.57 Å². The molecule has 3 nitrogen and oxygen atoms in total. The summed E-state index contributed by atoms with van der Waals surface area (Å²) in [4.78, 5) is 14.0. The average molecular weight is 440 g/mol. The minimum atomic E-state index is -1.73. The lowest BCUT2D eigenvalue weighted by molar-refractivity contribution is -0.122. The maximum Gasteiger partial charge on any atom is 0.208 e. The summed E-state index contributed by atoms with van der Waals surface area (Å²) in [5.41, 5.74) is 4.87. The molecular formula is C27H41NO2Si. The van der Waals surface area contributed by atoms with Crippen LogP contribution in [0.3, 0.4) is 0 Å². The predicted octanol–water partition coefficient (Wildman–Crippen LogP) is 7.23. The fourth-order valence-electron chi connectivity index (χ4n) is 6.63. The molecule has 1 aliphatic carbocycles. The van der Waals surface area contributed by atoms with Crippen LogP contribution in [0.25, 0.3) is 10.9 Å². The number of ketones is 1. The maximum absolute atomic E-state index is 14.0. The summed E-state index contributed by atoms with van der Waals surface area (Å²) in [6.45, 7) is 18.7. The summed E-state index contributed by atoms with van der Waals surface area (Å²) in [7, 11) is 2.02. The molecule has 3 rings (SSSR count). The van der Waals surface area contributed by atoms with Gasteiger partial charge in [-0.25, -0.2) is 0 Å². The Morgan fingerprint density at radius 3 is 2.13 bits per heavy atom. The monoisotopic (exact) mass is 439 g/mol. The van der Waals surface area contributed by atoms with Gasteiger partial charge in [-0.1, -0.05) is 83.3 Å².